The Morgan fingerprint density at radius 2 is 1.76 bits per heavy atom. The van der Waals surface area contributed by atoms with Gasteiger partial charge in [0.05, 0.1) is 29.4 Å². The molecule has 3 aromatic carbocycles. The number of fused-ring (bicyclic) bond motifs is 1. The van der Waals surface area contributed by atoms with Crippen molar-refractivity contribution in [3.05, 3.63) is 88.9 Å². The second kappa shape index (κ2) is 10.8. The number of anilines is 1. The minimum absolute atomic E-state index is 0.118. The molecule has 4 aromatic rings. The maximum Gasteiger partial charge on any atom is 0.416 e. The number of carbonyl (C=O) groups is 2. The number of hydrogen-bond acceptors (Lipinski definition) is 7. The molecule has 0 aliphatic rings. The highest BCUT2D eigenvalue weighted by Crippen LogP contribution is 2.27. The fourth-order valence-corrected chi connectivity index (χ4v) is 4.31. The van der Waals surface area contributed by atoms with Crippen molar-refractivity contribution in [3.8, 4) is 5.75 Å². The zero-order valence-electron chi connectivity index (χ0n) is 18.9. The van der Waals surface area contributed by atoms with Crippen LogP contribution in [0.5, 0.6) is 5.75 Å². The number of thiazole rings is 1. The Morgan fingerprint density at radius 3 is 2.50 bits per heavy atom. The summed E-state index contributed by atoms with van der Waals surface area (Å²) < 4.78 is 17.3. The minimum Gasteiger partial charge on any atom is -0.486 e. The number of nitrogens with zero attached hydrogens (tertiary/aromatic N) is 2. The van der Waals surface area contributed by atoms with Gasteiger partial charge in [0, 0.05) is 0 Å². The van der Waals surface area contributed by atoms with Crippen molar-refractivity contribution in [1.82, 2.24) is 4.98 Å². The van der Waals surface area contributed by atoms with Crippen LogP contribution in [-0.2, 0) is 27.3 Å². The molecule has 0 N–H and O–H groups in total. The Hall–Kier alpha value is -3.91. The molecular formula is C26H24N2O5S. The Bertz CT molecular complexity index is 1260. The average Bonchev–Trinajstić information content (AvgIpc) is 3.27. The summed E-state index contributed by atoms with van der Waals surface area (Å²) in [5, 5.41) is 0.879. The first-order valence-corrected chi connectivity index (χ1v) is 11.5. The lowest BCUT2D eigenvalue weighted by Crippen LogP contribution is -2.34. The fourth-order valence-electron chi connectivity index (χ4n) is 3.43. The van der Waals surface area contributed by atoms with E-state index in [4.69, 9.17) is 14.2 Å². The molecule has 0 atom stereocenters. The molecule has 174 valence electrons. The van der Waals surface area contributed by atoms with Gasteiger partial charge in [0.2, 0.25) is 0 Å². The molecule has 0 unspecified atom stereocenters. The van der Waals surface area contributed by atoms with E-state index in [1.807, 2.05) is 67.6 Å². The lowest BCUT2D eigenvalue weighted by atomic mass is 10.1. The molecule has 0 fully saturated rings. The molecule has 8 heteroatoms. The Balaban J connectivity index is 1.41. The molecule has 7 nitrogen and oxygen atoms in total. The van der Waals surface area contributed by atoms with E-state index in [9.17, 15) is 9.59 Å². The van der Waals surface area contributed by atoms with Gasteiger partial charge < -0.3 is 14.2 Å². The molecule has 34 heavy (non-hydrogen) atoms. The van der Waals surface area contributed by atoms with Crippen LogP contribution in [0.25, 0.3) is 10.2 Å². The second-order valence-electron chi connectivity index (χ2n) is 7.52. The first-order valence-electron chi connectivity index (χ1n) is 10.7. The van der Waals surface area contributed by atoms with E-state index in [2.05, 4.69) is 4.98 Å². The third-order valence-electron chi connectivity index (χ3n) is 5.10. The first kappa shape index (κ1) is 23.3. The predicted octanol–water partition coefficient (Wildman–Crippen LogP) is 5.50. The van der Waals surface area contributed by atoms with Gasteiger partial charge in [-0.2, -0.15) is 0 Å². The van der Waals surface area contributed by atoms with Crippen LogP contribution in [0.3, 0.4) is 0 Å². The number of esters is 1. The van der Waals surface area contributed by atoms with E-state index >= 15 is 0 Å². The highest BCUT2D eigenvalue weighted by atomic mass is 32.1. The summed E-state index contributed by atoms with van der Waals surface area (Å²) in [7, 11) is 1.28. The summed E-state index contributed by atoms with van der Waals surface area (Å²) >= 11 is 1.59. The number of ether oxygens (including phenoxy) is 3. The first-order chi connectivity index (χ1) is 16.5. The summed E-state index contributed by atoms with van der Waals surface area (Å²) in [6, 6.07) is 22.6. The number of benzene rings is 3. The number of amides is 1. The molecule has 0 aliphatic carbocycles. The van der Waals surface area contributed by atoms with Crippen LogP contribution in [0.15, 0.2) is 72.8 Å². The smallest absolute Gasteiger partial charge is 0.416 e. The van der Waals surface area contributed by atoms with Gasteiger partial charge in [-0.05, 0) is 48.4 Å². The number of aryl methyl sites for hydroxylation is 1. The SMILES string of the molecule is COC(=O)N(COC(=O)Cc1ccccc1)c1ccc(OCc2nc3ccccc3s2)cc1C. The zero-order valence-corrected chi connectivity index (χ0v) is 19.7. The van der Waals surface area contributed by atoms with Crippen LogP contribution in [0.2, 0.25) is 0 Å². The van der Waals surface area contributed by atoms with Crippen molar-refractivity contribution >= 4 is 39.3 Å². The predicted molar refractivity (Wildman–Crippen MR) is 131 cm³/mol. The van der Waals surface area contributed by atoms with E-state index < -0.39 is 12.1 Å². The van der Waals surface area contributed by atoms with Gasteiger partial charge in [0.15, 0.2) is 6.73 Å². The number of rotatable bonds is 8. The Labute approximate surface area is 201 Å². The molecule has 1 amide bonds. The highest BCUT2D eigenvalue weighted by molar-refractivity contribution is 7.18. The van der Waals surface area contributed by atoms with Crippen molar-refractivity contribution in [1.29, 1.82) is 0 Å². The van der Waals surface area contributed by atoms with Gasteiger partial charge >= 0.3 is 12.1 Å². The van der Waals surface area contributed by atoms with Crippen molar-refractivity contribution in [2.45, 2.75) is 20.0 Å². The van der Waals surface area contributed by atoms with Crippen molar-refractivity contribution in [2.24, 2.45) is 0 Å². The number of methoxy groups -OCH3 is 1. The highest BCUT2D eigenvalue weighted by Gasteiger charge is 2.20. The number of hydrogen-bond donors (Lipinski definition) is 0. The van der Waals surface area contributed by atoms with Crippen LogP contribution in [-0.4, -0.2) is 30.9 Å². The topological polar surface area (TPSA) is 78.0 Å². The van der Waals surface area contributed by atoms with Gasteiger partial charge in [-0.25, -0.2) is 14.7 Å². The summed E-state index contributed by atoms with van der Waals surface area (Å²) in [4.78, 5) is 30.5. The average molecular weight is 477 g/mol. The monoisotopic (exact) mass is 476 g/mol. The summed E-state index contributed by atoms with van der Waals surface area (Å²) in [6.45, 7) is 1.93. The molecule has 0 bridgehead atoms. The number of carbonyl (C=O) groups excluding carboxylic acids is 2. The quantitative estimate of drug-likeness (QED) is 0.247. The number of para-hydroxylation sites is 1. The molecule has 4 rings (SSSR count). The Morgan fingerprint density at radius 1 is 1.00 bits per heavy atom. The van der Waals surface area contributed by atoms with Crippen molar-refractivity contribution in [3.63, 3.8) is 0 Å². The Kier molecular flexibility index (Phi) is 7.39. The molecule has 0 radical (unpaired) electrons. The van der Waals surface area contributed by atoms with Crippen molar-refractivity contribution in [2.75, 3.05) is 18.7 Å². The lowest BCUT2D eigenvalue weighted by molar-refractivity contribution is -0.142. The molecule has 1 aromatic heterocycles. The van der Waals surface area contributed by atoms with E-state index in [0.29, 0.717) is 18.0 Å². The van der Waals surface area contributed by atoms with E-state index in [1.54, 1.807) is 23.5 Å². The van der Waals surface area contributed by atoms with Gasteiger partial charge in [0.25, 0.3) is 0 Å². The van der Waals surface area contributed by atoms with Crippen molar-refractivity contribution < 1.29 is 23.8 Å². The van der Waals surface area contributed by atoms with Gasteiger partial charge in [-0.3, -0.25) is 4.79 Å². The number of aromatic nitrogens is 1. The van der Waals surface area contributed by atoms with Crippen LogP contribution in [0, 0.1) is 6.92 Å². The standard InChI is InChI=1S/C26H24N2O5S/c1-18-14-20(32-16-24-27-21-10-6-7-11-23(21)34-24)12-13-22(18)28(26(30)31-2)17-33-25(29)15-19-8-4-3-5-9-19/h3-14H,15-17H2,1-2H3. The van der Waals surface area contributed by atoms with Gasteiger partial charge in [-0.1, -0.05) is 42.5 Å². The summed E-state index contributed by atoms with van der Waals surface area (Å²) in [6.07, 6.45) is -0.508. The minimum atomic E-state index is -0.626. The molecule has 1 heterocycles. The van der Waals surface area contributed by atoms with Crippen LogP contribution < -0.4 is 9.64 Å². The second-order valence-corrected chi connectivity index (χ2v) is 8.63. The van der Waals surface area contributed by atoms with E-state index in [-0.39, 0.29) is 13.2 Å². The van der Waals surface area contributed by atoms with Gasteiger partial charge in [0.1, 0.15) is 17.4 Å². The summed E-state index contributed by atoms with van der Waals surface area (Å²) in [5.41, 5.74) is 3.12. The normalized spacial score (nSPS) is 10.6. The third kappa shape index (κ3) is 5.71. The largest absolute Gasteiger partial charge is 0.486 e. The van der Waals surface area contributed by atoms with Crippen LogP contribution in [0.4, 0.5) is 10.5 Å². The lowest BCUT2D eigenvalue weighted by Gasteiger charge is -2.23. The third-order valence-corrected chi connectivity index (χ3v) is 6.11. The maximum atomic E-state index is 12.4. The van der Waals surface area contributed by atoms with Crippen LogP contribution >= 0.6 is 11.3 Å². The molecule has 0 aliphatic heterocycles. The fraction of sp³-hybridized carbons (Fsp3) is 0.192. The molecule has 0 saturated heterocycles. The molecule has 0 spiro atoms. The molecule has 0 saturated carbocycles. The maximum absolute atomic E-state index is 12.4. The van der Waals surface area contributed by atoms with E-state index in [1.165, 1.54) is 12.0 Å². The zero-order chi connectivity index (χ0) is 23.9. The van der Waals surface area contributed by atoms with Crippen LogP contribution in [0.1, 0.15) is 16.1 Å². The van der Waals surface area contributed by atoms with Gasteiger partial charge in [-0.15, -0.1) is 11.3 Å². The van der Waals surface area contributed by atoms with E-state index in [0.717, 1.165) is 26.4 Å². The molecular weight excluding hydrogens is 452 g/mol. The summed E-state index contributed by atoms with van der Waals surface area (Å²) in [5.74, 6) is 0.208.